The van der Waals surface area contributed by atoms with Gasteiger partial charge >= 0.3 is 5.97 Å². The Balaban J connectivity index is 3.45. The molecule has 0 fully saturated rings. The van der Waals surface area contributed by atoms with E-state index >= 15 is 0 Å². The largest absolute Gasteiger partial charge is 0.457 e. The maximum Gasteiger partial charge on any atom is 0.306 e. The SMILES string of the molecule is CC/C=C\C/C=C\C/C=C\C/C=C\C/C=C\C/C=C\CCCCCCCCCOCC(CO)OC(=O)CCCCCCCCCCCCCCCCCCCCCCC. The lowest BCUT2D eigenvalue weighted by molar-refractivity contribution is -0.154. The van der Waals surface area contributed by atoms with Crippen molar-refractivity contribution in [1.82, 2.24) is 0 Å². The molecule has 0 aliphatic rings. The molecule has 0 amide bonds. The first-order chi connectivity index (χ1) is 29.2. The molecular formula is C55H98O4. The highest BCUT2D eigenvalue weighted by Crippen LogP contribution is 2.16. The number of unbranched alkanes of at least 4 members (excludes halogenated alkanes) is 27. The van der Waals surface area contributed by atoms with E-state index in [9.17, 15) is 9.90 Å². The fourth-order valence-electron chi connectivity index (χ4n) is 7.27. The minimum absolute atomic E-state index is 0.177. The van der Waals surface area contributed by atoms with Crippen LogP contribution in [0.25, 0.3) is 0 Å². The fourth-order valence-corrected chi connectivity index (χ4v) is 7.27. The molecule has 1 unspecified atom stereocenters. The minimum Gasteiger partial charge on any atom is -0.457 e. The van der Waals surface area contributed by atoms with Crippen LogP contribution in [0.3, 0.4) is 0 Å². The van der Waals surface area contributed by atoms with Gasteiger partial charge in [0.25, 0.3) is 0 Å². The number of aliphatic hydroxyl groups excluding tert-OH is 1. The van der Waals surface area contributed by atoms with Crippen molar-refractivity contribution in [1.29, 1.82) is 0 Å². The number of allylic oxidation sites excluding steroid dienone is 12. The van der Waals surface area contributed by atoms with Gasteiger partial charge in [-0.25, -0.2) is 0 Å². The van der Waals surface area contributed by atoms with Crippen LogP contribution < -0.4 is 0 Å². The molecule has 0 aromatic rings. The van der Waals surface area contributed by atoms with Gasteiger partial charge in [-0.2, -0.15) is 0 Å². The summed E-state index contributed by atoms with van der Waals surface area (Å²) in [6, 6.07) is 0. The Bertz CT molecular complexity index is 1000. The minimum atomic E-state index is -0.543. The first-order valence-corrected chi connectivity index (χ1v) is 25.5. The van der Waals surface area contributed by atoms with Gasteiger partial charge in [0, 0.05) is 13.0 Å². The second-order valence-electron chi connectivity index (χ2n) is 16.9. The van der Waals surface area contributed by atoms with E-state index in [-0.39, 0.29) is 19.2 Å². The van der Waals surface area contributed by atoms with Crippen molar-refractivity contribution in [2.75, 3.05) is 19.8 Å². The summed E-state index contributed by atoms with van der Waals surface area (Å²) in [6.07, 6.45) is 71.3. The van der Waals surface area contributed by atoms with Gasteiger partial charge in [-0.1, -0.05) is 247 Å². The van der Waals surface area contributed by atoms with Gasteiger partial charge in [0.1, 0.15) is 6.10 Å². The van der Waals surface area contributed by atoms with E-state index in [1.165, 1.54) is 161 Å². The van der Waals surface area contributed by atoms with Crippen LogP contribution >= 0.6 is 0 Å². The highest BCUT2D eigenvalue weighted by molar-refractivity contribution is 5.69. The molecule has 0 radical (unpaired) electrons. The summed E-state index contributed by atoms with van der Waals surface area (Å²) in [7, 11) is 0. The summed E-state index contributed by atoms with van der Waals surface area (Å²) in [4.78, 5) is 12.3. The van der Waals surface area contributed by atoms with Crippen LogP contribution in [0.5, 0.6) is 0 Å². The number of hydrogen-bond acceptors (Lipinski definition) is 4. The zero-order valence-electron chi connectivity index (χ0n) is 39.3. The Morgan fingerprint density at radius 3 is 1.15 bits per heavy atom. The molecule has 4 heteroatoms. The van der Waals surface area contributed by atoms with E-state index in [0.29, 0.717) is 13.0 Å². The van der Waals surface area contributed by atoms with Crippen molar-refractivity contribution in [2.24, 2.45) is 0 Å². The third kappa shape index (κ3) is 50.1. The highest BCUT2D eigenvalue weighted by Gasteiger charge is 2.13. The monoisotopic (exact) mass is 823 g/mol. The van der Waals surface area contributed by atoms with Crippen LogP contribution in [0.1, 0.15) is 245 Å². The molecule has 0 spiro atoms. The van der Waals surface area contributed by atoms with Crippen molar-refractivity contribution in [3.63, 3.8) is 0 Å². The van der Waals surface area contributed by atoms with Crippen LogP contribution in [0.15, 0.2) is 72.9 Å². The van der Waals surface area contributed by atoms with Crippen molar-refractivity contribution in [3.05, 3.63) is 72.9 Å². The third-order valence-electron chi connectivity index (χ3n) is 11.0. The van der Waals surface area contributed by atoms with E-state index in [1.807, 2.05) is 0 Å². The summed E-state index contributed by atoms with van der Waals surface area (Å²) in [6.45, 7) is 5.23. The molecule has 0 heterocycles. The van der Waals surface area contributed by atoms with Crippen molar-refractivity contribution in [3.8, 4) is 0 Å². The standard InChI is InChI=1S/C55H98O4/c1-3-5-7-9-11-13-15-17-19-21-23-25-26-27-28-29-31-33-35-37-39-41-43-45-47-49-51-58-53-54(52-56)59-55(57)50-48-46-44-42-40-38-36-34-32-30-24-22-20-18-16-14-12-10-8-6-4-2/h5,7,11,13,17,19,23,25,27-28,31,33,54,56H,3-4,6,8-10,12,14-16,18,20-22,24,26,29-30,32,34-53H2,1-2H3/b7-5-,13-11-,19-17-,25-23-,28-27-,33-31-. The lowest BCUT2D eigenvalue weighted by atomic mass is 10.0. The number of carbonyl (C=O) groups is 1. The smallest absolute Gasteiger partial charge is 0.306 e. The van der Waals surface area contributed by atoms with Crippen LogP contribution in [0.4, 0.5) is 0 Å². The second-order valence-corrected chi connectivity index (χ2v) is 16.9. The van der Waals surface area contributed by atoms with Crippen molar-refractivity contribution in [2.45, 2.75) is 251 Å². The van der Waals surface area contributed by atoms with Gasteiger partial charge < -0.3 is 14.6 Å². The number of aliphatic hydroxyl groups is 1. The Hall–Kier alpha value is -2.17. The molecule has 0 saturated heterocycles. The topological polar surface area (TPSA) is 55.8 Å². The Kier molecular flexibility index (Phi) is 50.1. The fraction of sp³-hybridized carbons (Fsp3) is 0.764. The van der Waals surface area contributed by atoms with Gasteiger partial charge in [-0.3, -0.25) is 4.79 Å². The zero-order chi connectivity index (χ0) is 42.6. The van der Waals surface area contributed by atoms with Gasteiger partial charge in [0.2, 0.25) is 0 Å². The number of rotatable bonds is 47. The predicted octanol–water partition coefficient (Wildman–Crippen LogP) is 17.3. The molecule has 0 saturated carbocycles. The molecule has 0 rings (SSSR count). The second kappa shape index (κ2) is 52.0. The summed E-state index contributed by atoms with van der Waals surface area (Å²) >= 11 is 0. The zero-order valence-corrected chi connectivity index (χ0v) is 39.3. The number of carbonyl (C=O) groups excluding carboxylic acids is 1. The molecule has 59 heavy (non-hydrogen) atoms. The summed E-state index contributed by atoms with van der Waals surface area (Å²) in [5.74, 6) is -0.203. The first-order valence-electron chi connectivity index (χ1n) is 25.5. The quantitative estimate of drug-likeness (QED) is 0.0377. The molecule has 342 valence electrons. The predicted molar refractivity (Wildman–Crippen MR) is 260 cm³/mol. The lowest BCUT2D eigenvalue weighted by Crippen LogP contribution is -2.27. The molecule has 0 aromatic carbocycles. The number of hydrogen-bond donors (Lipinski definition) is 1. The first kappa shape index (κ1) is 56.8. The Labute approximate surface area is 367 Å². The maximum atomic E-state index is 12.3. The maximum absolute atomic E-state index is 12.3. The summed E-state index contributed by atoms with van der Waals surface area (Å²) in [5.41, 5.74) is 0. The van der Waals surface area contributed by atoms with E-state index < -0.39 is 6.10 Å². The lowest BCUT2D eigenvalue weighted by Gasteiger charge is -2.16. The van der Waals surface area contributed by atoms with Gasteiger partial charge in [-0.15, -0.1) is 0 Å². The van der Waals surface area contributed by atoms with Gasteiger partial charge in [-0.05, 0) is 64.2 Å². The highest BCUT2D eigenvalue weighted by atomic mass is 16.6. The Morgan fingerprint density at radius 2 is 0.763 bits per heavy atom. The van der Waals surface area contributed by atoms with Gasteiger partial charge in [0.05, 0.1) is 13.2 Å². The summed E-state index contributed by atoms with van der Waals surface area (Å²) < 4.78 is 11.2. The van der Waals surface area contributed by atoms with Crippen LogP contribution in [-0.2, 0) is 14.3 Å². The molecule has 1 atom stereocenters. The molecular weight excluding hydrogens is 725 g/mol. The third-order valence-corrected chi connectivity index (χ3v) is 11.0. The summed E-state index contributed by atoms with van der Waals surface area (Å²) in [5, 5.41) is 9.65. The van der Waals surface area contributed by atoms with Crippen LogP contribution in [0.2, 0.25) is 0 Å². The van der Waals surface area contributed by atoms with Gasteiger partial charge in [0.15, 0.2) is 0 Å². The van der Waals surface area contributed by atoms with E-state index in [4.69, 9.17) is 9.47 Å². The average Bonchev–Trinajstić information content (AvgIpc) is 3.24. The van der Waals surface area contributed by atoms with E-state index in [0.717, 1.165) is 64.2 Å². The molecule has 0 aromatic heterocycles. The Morgan fingerprint density at radius 1 is 0.424 bits per heavy atom. The van der Waals surface area contributed by atoms with E-state index in [2.05, 4.69) is 86.8 Å². The van der Waals surface area contributed by atoms with E-state index in [1.54, 1.807) is 0 Å². The normalized spacial score (nSPS) is 12.9. The number of ether oxygens (including phenoxy) is 2. The molecule has 0 aliphatic carbocycles. The van der Waals surface area contributed by atoms with Crippen molar-refractivity contribution < 1.29 is 19.4 Å². The molecule has 1 N–H and O–H groups in total. The average molecular weight is 823 g/mol. The molecule has 0 aliphatic heterocycles. The molecule has 4 nitrogen and oxygen atoms in total. The van der Waals surface area contributed by atoms with Crippen LogP contribution in [0, 0.1) is 0 Å². The number of esters is 1. The van der Waals surface area contributed by atoms with Crippen LogP contribution in [-0.4, -0.2) is 37.0 Å². The molecule has 0 bridgehead atoms. The van der Waals surface area contributed by atoms with Crippen molar-refractivity contribution >= 4 is 5.97 Å².